The van der Waals surface area contributed by atoms with Gasteiger partial charge in [0, 0.05) is 24.8 Å². The molecular weight excluding hydrogens is 229 g/mol. The lowest BCUT2D eigenvalue weighted by Gasteiger charge is -1.86. The third-order valence-corrected chi connectivity index (χ3v) is 1.95. The summed E-state index contributed by atoms with van der Waals surface area (Å²) in [7, 11) is 0. The fourth-order valence-electron chi connectivity index (χ4n) is 1.02. The van der Waals surface area contributed by atoms with Gasteiger partial charge in [0.1, 0.15) is 0 Å². The van der Waals surface area contributed by atoms with E-state index in [-0.39, 0.29) is 0 Å². The Labute approximate surface area is 66.9 Å². The van der Waals surface area contributed by atoms with Crippen molar-refractivity contribution >= 4 is 22.9 Å². The molecule has 0 fully saturated rings. The number of hydrogen-bond acceptors (Lipinski definition) is 2. The van der Waals surface area contributed by atoms with Gasteiger partial charge < -0.3 is 5.32 Å². The van der Waals surface area contributed by atoms with E-state index in [0.29, 0.717) is 0 Å². The van der Waals surface area contributed by atoms with Crippen molar-refractivity contribution in [2.45, 2.75) is 13.1 Å². The van der Waals surface area contributed by atoms with Crippen LogP contribution in [0, 0.1) is 0 Å². The highest BCUT2D eigenvalue weighted by atomic mass is 127. The fourth-order valence-corrected chi connectivity index (χ4v) is 1.62. The molecule has 4 heteroatoms. The second-order valence-electron chi connectivity index (χ2n) is 2.09. The van der Waals surface area contributed by atoms with Gasteiger partial charge in [-0.05, 0) is 0 Å². The molecule has 0 spiro atoms. The average molecular weight is 235 g/mol. The minimum absolute atomic E-state index is 0.936. The predicted octanol–water partition coefficient (Wildman–Crippen LogP) is 0.684. The number of fused-ring (bicyclic) bond motifs is 1. The molecule has 0 aliphatic carbocycles. The van der Waals surface area contributed by atoms with Crippen molar-refractivity contribution in [3.63, 3.8) is 0 Å². The molecule has 2 heterocycles. The Hall–Kier alpha value is -0.100. The second kappa shape index (κ2) is 1.95. The van der Waals surface area contributed by atoms with Gasteiger partial charge in [-0.15, -0.1) is 0 Å². The predicted molar refractivity (Wildman–Crippen MR) is 42.2 cm³/mol. The van der Waals surface area contributed by atoms with Crippen LogP contribution >= 0.6 is 22.9 Å². The zero-order chi connectivity index (χ0) is 6.27. The number of nitrogens with one attached hydrogen (secondary N) is 1. The smallest absolute Gasteiger partial charge is 0.0843 e. The van der Waals surface area contributed by atoms with Crippen molar-refractivity contribution in [3.05, 3.63) is 17.5 Å². The Bertz CT molecular complexity index is 209. The van der Waals surface area contributed by atoms with Crippen LogP contribution in [0.3, 0.4) is 0 Å². The van der Waals surface area contributed by atoms with E-state index in [2.05, 4.69) is 39.5 Å². The molecule has 2 rings (SSSR count). The van der Waals surface area contributed by atoms with E-state index in [1.54, 1.807) is 0 Å². The van der Waals surface area contributed by atoms with Gasteiger partial charge in [-0.1, -0.05) is 0 Å². The van der Waals surface area contributed by atoms with Crippen LogP contribution in [0.2, 0.25) is 0 Å². The van der Waals surface area contributed by atoms with E-state index >= 15 is 0 Å². The molecule has 1 N–H and O–H groups in total. The molecule has 0 unspecified atom stereocenters. The van der Waals surface area contributed by atoms with Gasteiger partial charge in [0.2, 0.25) is 0 Å². The molecule has 1 aromatic heterocycles. The minimum atomic E-state index is 0.936. The third-order valence-electron chi connectivity index (χ3n) is 1.46. The van der Waals surface area contributed by atoms with Crippen LogP contribution in [0.25, 0.3) is 0 Å². The fraction of sp³-hybridized carbons (Fsp3) is 0.400. The van der Waals surface area contributed by atoms with Gasteiger partial charge >= 0.3 is 0 Å². The van der Waals surface area contributed by atoms with Gasteiger partial charge in [0.15, 0.2) is 0 Å². The highest BCUT2D eigenvalue weighted by molar-refractivity contribution is 14.1. The maximum absolute atomic E-state index is 4.23. The number of aromatic nitrogens is 2. The molecule has 1 aromatic rings. The average Bonchev–Trinajstić information content (AvgIpc) is 2.22. The molecule has 1 aliphatic rings. The Morgan fingerprint density at radius 1 is 1.67 bits per heavy atom. The zero-order valence-electron chi connectivity index (χ0n) is 4.76. The third kappa shape index (κ3) is 0.858. The van der Waals surface area contributed by atoms with Crippen molar-refractivity contribution in [2.24, 2.45) is 0 Å². The minimum Gasteiger partial charge on any atom is -0.307 e. The zero-order valence-corrected chi connectivity index (χ0v) is 6.92. The molecule has 48 valence electrons. The van der Waals surface area contributed by atoms with Gasteiger partial charge in [0.05, 0.1) is 28.6 Å². The van der Waals surface area contributed by atoms with Crippen molar-refractivity contribution in [1.82, 2.24) is 13.3 Å². The van der Waals surface area contributed by atoms with Crippen molar-refractivity contribution in [2.75, 3.05) is 0 Å². The Balaban J connectivity index is 2.51. The van der Waals surface area contributed by atoms with Crippen LogP contribution in [0.5, 0.6) is 0 Å². The van der Waals surface area contributed by atoms with Crippen LogP contribution in [0.1, 0.15) is 11.3 Å². The second-order valence-corrected chi connectivity index (χ2v) is 3.08. The lowest BCUT2D eigenvalue weighted by molar-refractivity contribution is 0.739. The molecule has 0 saturated heterocycles. The molecule has 1 aliphatic heterocycles. The lowest BCUT2D eigenvalue weighted by Crippen LogP contribution is -2.02. The molecule has 0 amide bonds. The van der Waals surface area contributed by atoms with Crippen LogP contribution in [0.15, 0.2) is 6.20 Å². The van der Waals surface area contributed by atoms with Crippen molar-refractivity contribution in [3.8, 4) is 0 Å². The van der Waals surface area contributed by atoms with E-state index in [4.69, 9.17) is 0 Å². The summed E-state index contributed by atoms with van der Waals surface area (Å²) in [5.74, 6) is 0. The molecule has 0 atom stereocenters. The summed E-state index contributed by atoms with van der Waals surface area (Å²) in [4.78, 5) is 0. The summed E-state index contributed by atoms with van der Waals surface area (Å²) in [6.45, 7) is 1.92. The summed E-state index contributed by atoms with van der Waals surface area (Å²) >= 11 is 2.16. The SMILES string of the molecule is In1cc2c(n1)CNC2. The summed E-state index contributed by atoms with van der Waals surface area (Å²) in [6.07, 6.45) is 2.05. The Morgan fingerprint density at radius 2 is 2.56 bits per heavy atom. The number of nitrogens with zero attached hydrogens (tertiary/aromatic N) is 2. The monoisotopic (exact) mass is 235 g/mol. The van der Waals surface area contributed by atoms with Crippen LogP contribution in [-0.2, 0) is 13.1 Å². The lowest BCUT2D eigenvalue weighted by atomic mass is 10.3. The van der Waals surface area contributed by atoms with E-state index in [1.165, 1.54) is 11.3 Å². The Morgan fingerprint density at radius 3 is 3.33 bits per heavy atom. The summed E-state index contributed by atoms with van der Waals surface area (Å²) < 4.78 is 1.84. The molecule has 9 heavy (non-hydrogen) atoms. The first-order valence-corrected chi connectivity index (χ1v) is 3.77. The summed E-state index contributed by atoms with van der Waals surface area (Å²) in [6, 6.07) is 0. The number of hydrogen-bond donors (Lipinski definition) is 1. The molecule has 0 saturated carbocycles. The Kier molecular flexibility index (Phi) is 1.23. The first-order chi connectivity index (χ1) is 4.36. The topological polar surface area (TPSA) is 29.9 Å². The molecule has 3 nitrogen and oxygen atoms in total. The van der Waals surface area contributed by atoms with Gasteiger partial charge in [-0.3, -0.25) is 0 Å². The van der Waals surface area contributed by atoms with Crippen LogP contribution < -0.4 is 5.32 Å². The normalized spacial score (nSPS) is 16.1. The standard InChI is InChI=1S/C5H6IN3/c6-9-3-4-1-7-2-5(4)8-9/h3,7H,1-2H2. The van der Waals surface area contributed by atoms with E-state index in [0.717, 1.165) is 13.1 Å². The summed E-state index contributed by atoms with van der Waals surface area (Å²) in [5.41, 5.74) is 2.54. The first-order valence-electron chi connectivity index (χ1n) is 2.80. The van der Waals surface area contributed by atoms with Crippen LogP contribution in [-0.4, -0.2) is 7.99 Å². The molecule has 0 bridgehead atoms. The van der Waals surface area contributed by atoms with Gasteiger partial charge in [-0.25, -0.2) is 2.90 Å². The first kappa shape index (κ1) is 5.67. The largest absolute Gasteiger partial charge is 0.307 e. The number of halogens is 1. The quantitative estimate of drug-likeness (QED) is 0.670. The molecular formula is C5H6IN3. The van der Waals surface area contributed by atoms with E-state index < -0.39 is 0 Å². The van der Waals surface area contributed by atoms with Crippen molar-refractivity contribution < 1.29 is 0 Å². The van der Waals surface area contributed by atoms with E-state index in [1.807, 2.05) is 2.90 Å². The highest BCUT2D eigenvalue weighted by Crippen LogP contribution is 2.13. The number of rotatable bonds is 0. The van der Waals surface area contributed by atoms with Gasteiger partial charge in [0.25, 0.3) is 0 Å². The maximum Gasteiger partial charge on any atom is 0.0843 e. The summed E-state index contributed by atoms with van der Waals surface area (Å²) in [5, 5.41) is 7.45. The maximum atomic E-state index is 4.23. The van der Waals surface area contributed by atoms with Crippen LogP contribution in [0.4, 0.5) is 0 Å². The van der Waals surface area contributed by atoms with Crippen molar-refractivity contribution in [1.29, 1.82) is 0 Å². The molecule has 0 aromatic carbocycles. The van der Waals surface area contributed by atoms with E-state index in [9.17, 15) is 0 Å². The van der Waals surface area contributed by atoms with Gasteiger partial charge in [-0.2, -0.15) is 5.10 Å². The molecule has 0 radical (unpaired) electrons. The highest BCUT2D eigenvalue weighted by Gasteiger charge is 2.12.